The van der Waals surface area contributed by atoms with Crippen molar-refractivity contribution >= 4 is 23.4 Å². The summed E-state index contributed by atoms with van der Waals surface area (Å²) in [5.74, 6) is -0.545. The van der Waals surface area contributed by atoms with Crippen molar-refractivity contribution in [2.24, 2.45) is 0 Å². The first-order valence-electron chi connectivity index (χ1n) is 7.03. The van der Waals surface area contributed by atoms with Crippen LogP contribution in [0.5, 0.6) is 0 Å². The lowest BCUT2D eigenvalue weighted by Gasteiger charge is -2.26. The second-order valence-electron chi connectivity index (χ2n) is 5.50. The Kier molecular flexibility index (Phi) is 3.37. The first-order chi connectivity index (χ1) is 10.0. The Labute approximate surface area is 122 Å². The molecule has 3 amide bonds. The molecule has 21 heavy (non-hydrogen) atoms. The smallest absolute Gasteiger partial charge is 0.253 e. The summed E-state index contributed by atoms with van der Waals surface area (Å²) in [6.07, 6.45) is 1.64. The van der Waals surface area contributed by atoms with Gasteiger partial charge in [-0.05, 0) is 30.5 Å². The Hall–Kier alpha value is -2.37. The molecule has 2 aliphatic heterocycles. The number of piperidine rings is 1. The molecule has 1 fully saturated rings. The Morgan fingerprint density at radius 3 is 2.81 bits per heavy atom. The fourth-order valence-corrected chi connectivity index (χ4v) is 2.71. The van der Waals surface area contributed by atoms with Crippen molar-refractivity contribution in [3.8, 4) is 0 Å². The van der Waals surface area contributed by atoms with E-state index in [1.54, 1.807) is 18.0 Å². The van der Waals surface area contributed by atoms with Gasteiger partial charge >= 0.3 is 0 Å². The maximum atomic E-state index is 12.1. The van der Waals surface area contributed by atoms with Crippen LogP contribution in [0.3, 0.4) is 0 Å². The summed E-state index contributed by atoms with van der Waals surface area (Å²) in [7, 11) is 1.78. The number of amides is 3. The molecule has 1 aromatic carbocycles. The van der Waals surface area contributed by atoms with E-state index in [0.717, 1.165) is 24.2 Å². The third-order valence-corrected chi connectivity index (χ3v) is 3.98. The van der Waals surface area contributed by atoms with E-state index in [2.05, 4.69) is 10.6 Å². The Bertz CT molecular complexity index is 627. The average Bonchev–Trinajstić information content (AvgIpc) is 2.46. The van der Waals surface area contributed by atoms with E-state index in [-0.39, 0.29) is 17.7 Å². The van der Waals surface area contributed by atoms with Gasteiger partial charge in [-0.3, -0.25) is 19.7 Å². The number of carbonyl (C=O) groups is 3. The predicted octanol–water partition coefficient (Wildman–Crippen LogP) is 0.532. The molecule has 1 unspecified atom stereocenters. The molecule has 6 heteroatoms. The molecule has 110 valence electrons. The SMILES string of the molecule is CN1CCc2ccc(NC3CCC(=O)NC3=O)cc2C1=O. The van der Waals surface area contributed by atoms with Crippen molar-refractivity contribution in [3.63, 3.8) is 0 Å². The number of carbonyl (C=O) groups excluding carboxylic acids is 3. The van der Waals surface area contributed by atoms with Crippen LogP contribution < -0.4 is 10.6 Å². The number of fused-ring (bicyclic) bond motifs is 1. The quantitative estimate of drug-likeness (QED) is 0.778. The third-order valence-electron chi connectivity index (χ3n) is 3.98. The van der Waals surface area contributed by atoms with Gasteiger partial charge in [0, 0.05) is 31.3 Å². The minimum Gasteiger partial charge on any atom is -0.374 e. The average molecular weight is 287 g/mol. The molecular weight excluding hydrogens is 270 g/mol. The van der Waals surface area contributed by atoms with Crippen molar-refractivity contribution in [3.05, 3.63) is 29.3 Å². The van der Waals surface area contributed by atoms with Gasteiger partial charge in [0.1, 0.15) is 6.04 Å². The monoisotopic (exact) mass is 287 g/mol. The topological polar surface area (TPSA) is 78.5 Å². The molecule has 0 aliphatic carbocycles. The van der Waals surface area contributed by atoms with Gasteiger partial charge in [0.2, 0.25) is 11.8 Å². The number of imide groups is 1. The van der Waals surface area contributed by atoms with Crippen LogP contribution in [-0.2, 0) is 16.0 Å². The minimum atomic E-state index is -0.433. The number of anilines is 1. The van der Waals surface area contributed by atoms with Crippen LogP contribution in [0.2, 0.25) is 0 Å². The van der Waals surface area contributed by atoms with Gasteiger partial charge in [0.05, 0.1) is 0 Å². The van der Waals surface area contributed by atoms with Gasteiger partial charge in [0.15, 0.2) is 0 Å². The number of nitrogens with zero attached hydrogens (tertiary/aromatic N) is 1. The van der Waals surface area contributed by atoms with Crippen LogP contribution in [0.1, 0.15) is 28.8 Å². The van der Waals surface area contributed by atoms with Gasteiger partial charge in [0.25, 0.3) is 5.91 Å². The van der Waals surface area contributed by atoms with Gasteiger partial charge in [-0.1, -0.05) is 6.07 Å². The van der Waals surface area contributed by atoms with Gasteiger partial charge in [-0.25, -0.2) is 0 Å². The van der Waals surface area contributed by atoms with Crippen LogP contribution in [0.4, 0.5) is 5.69 Å². The molecule has 1 aromatic rings. The normalized spacial score (nSPS) is 21.9. The summed E-state index contributed by atoms with van der Waals surface area (Å²) in [5.41, 5.74) is 2.44. The van der Waals surface area contributed by atoms with E-state index < -0.39 is 6.04 Å². The molecule has 2 heterocycles. The number of likely N-dealkylation sites (N-methyl/N-ethyl adjacent to an activating group) is 1. The van der Waals surface area contributed by atoms with Crippen molar-refractivity contribution in [2.45, 2.75) is 25.3 Å². The zero-order chi connectivity index (χ0) is 15.0. The van der Waals surface area contributed by atoms with E-state index in [1.807, 2.05) is 12.1 Å². The zero-order valence-corrected chi connectivity index (χ0v) is 11.8. The molecule has 0 saturated carbocycles. The highest BCUT2D eigenvalue weighted by Gasteiger charge is 2.27. The fraction of sp³-hybridized carbons (Fsp3) is 0.400. The van der Waals surface area contributed by atoms with E-state index in [4.69, 9.17) is 0 Å². The van der Waals surface area contributed by atoms with Crippen LogP contribution in [0.25, 0.3) is 0 Å². The van der Waals surface area contributed by atoms with Crippen molar-refractivity contribution in [2.75, 3.05) is 18.9 Å². The Morgan fingerprint density at radius 1 is 1.24 bits per heavy atom. The van der Waals surface area contributed by atoms with Crippen LogP contribution >= 0.6 is 0 Å². The van der Waals surface area contributed by atoms with Crippen molar-refractivity contribution in [1.82, 2.24) is 10.2 Å². The summed E-state index contributed by atoms with van der Waals surface area (Å²) in [4.78, 5) is 36.7. The van der Waals surface area contributed by atoms with Gasteiger partial charge in [-0.2, -0.15) is 0 Å². The molecule has 0 aromatic heterocycles. The molecule has 6 nitrogen and oxygen atoms in total. The summed E-state index contributed by atoms with van der Waals surface area (Å²) >= 11 is 0. The largest absolute Gasteiger partial charge is 0.374 e. The lowest BCUT2D eigenvalue weighted by molar-refractivity contribution is -0.133. The molecular formula is C15H17N3O3. The highest BCUT2D eigenvalue weighted by atomic mass is 16.2. The standard InChI is InChI=1S/C15H17N3O3/c1-18-7-6-9-2-3-10(8-11(9)15(18)21)16-12-4-5-13(19)17-14(12)20/h2-3,8,12,16H,4-7H2,1H3,(H,17,19,20). The molecule has 0 bridgehead atoms. The van der Waals surface area contributed by atoms with Crippen molar-refractivity contribution in [1.29, 1.82) is 0 Å². The molecule has 1 atom stereocenters. The number of hydrogen-bond donors (Lipinski definition) is 2. The van der Waals surface area contributed by atoms with Crippen LogP contribution in [0, 0.1) is 0 Å². The lowest BCUT2D eigenvalue weighted by atomic mass is 9.98. The van der Waals surface area contributed by atoms with E-state index in [0.29, 0.717) is 18.4 Å². The van der Waals surface area contributed by atoms with E-state index >= 15 is 0 Å². The summed E-state index contributed by atoms with van der Waals surface area (Å²) in [6.45, 7) is 0.728. The van der Waals surface area contributed by atoms with Crippen LogP contribution in [0.15, 0.2) is 18.2 Å². The zero-order valence-electron chi connectivity index (χ0n) is 11.8. The number of benzene rings is 1. The summed E-state index contributed by atoms with van der Waals surface area (Å²) < 4.78 is 0. The Morgan fingerprint density at radius 2 is 2.05 bits per heavy atom. The van der Waals surface area contributed by atoms with Gasteiger partial charge in [-0.15, -0.1) is 0 Å². The Balaban J connectivity index is 1.79. The summed E-state index contributed by atoms with van der Waals surface area (Å²) in [5, 5.41) is 5.41. The first-order valence-corrected chi connectivity index (χ1v) is 7.03. The highest BCUT2D eigenvalue weighted by Crippen LogP contribution is 2.23. The minimum absolute atomic E-state index is 0.00294. The third kappa shape index (κ3) is 2.61. The molecule has 1 saturated heterocycles. The number of hydrogen-bond acceptors (Lipinski definition) is 4. The second-order valence-corrected chi connectivity index (χ2v) is 5.50. The number of nitrogens with one attached hydrogen (secondary N) is 2. The molecule has 2 aliphatic rings. The lowest BCUT2D eigenvalue weighted by Crippen LogP contribution is -2.47. The van der Waals surface area contributed by atoms with Gasteiger partial charge < -0.3 is 10.2 Å². The maximum absolute atomic E-state index is 12.1. The van der Waals surface area contributed by atoms with E-state index in [1.165, 1.54) is 0 Å². The number of rotatable bonds is 2. The molecule has 3 rings (SSSR count). The molecule has 0 radical (unpaired) electrons. The highest BCUT2D eigenvalue weighted by molar-refractivity contribution is 6.02. The van der Waals surface area contributed by atoms with Crippen molar-refractivity contribution < 1.29 is 14.4 Å². The maximum Gasteiger partial charge on any atom is 0.253 e. The summed E-state index contributed by atoms with van der Waals surface area (Å²) in [6, 6.07) is 5.16. The fourth-order valence-electron chi connectivity index (χ4n) is 2.71. The predicted molar refractivity (Wildman–Crippen MR) is 76.9 cm³/mol. The van der Waals surface area contributed by atoms with Crippen LogP contribution in [-0.4, -0.2) is 42.3 Å². The molecule has 2 N–H and O–H groups in total. The van der Waals surface area contributed by atoms with E-state index in [9.17, 15) is 14.4 Å². The molecule has 0 spiro atoms. The second kappa shape index (κ2) is 5.20. The first kappa shape index (κ1) is 13.6.